The molecule has 0 spiro atoms. The summed E-state index contributed by atoms with van der Waals surface area (Å²) in [6.07, 6.45) is 10.4. The topological polar surface area (TPSA) is 262 Å². The molecule has 8 bridgehead atoms. The number of hydrogen-bond acceptors (Lipinski definition) is 13. The zero-order valence-corrected chi connectivity index (χ0v) is 38.1. The second-order valence-corrected chi connectivity index (χ2v) is 13.3. The van der Waals surface area contributed by atoms with E-state index in [1.165, 1.54) is 0 Å². The molecule has 0 saturated heterocycles. The SMILES string of the molecule is Cc1cc2c(O)c(c1)C=NCCN1CCN=Cc3cc(C)cc(c3O)C=NCCN(CCN=C2)CCN=Cc2cc(C)cc(c2O)C=NCC1.O=[N+](O)O.O=[N+](O)O.[Gd+2].[Gd]. The van der Waals surface area contributed by atoms with Crippen molar-refractivity contribution in [2.24, 2.45) is 30.0 Å². The predicted molar refractivity (Wildman–Crippen MR) is 221 cm³/mol. The molecule has 0 saturated carbocycles. The molecule has 3 aromatic rings. The van der Waals surface area contributed by atoms with Gasteiger partial charge in [-0.25, -0.2) is 20.8 Å². The van der Waals surface area contributed by atoms with E-state index in [0.717, 1.165) is 16.7 Å². The standard InChI is InChI=1S/C39H48N8O3.2Gd.2H2NO3/c1-28-16-31-22-40-4-10-46-12-6-42-24-33-18-29(2)19-34(38(33)49)25-43-7-13-47(11-5-41-23-32(17-28)37(31)48)15-9-45-27-36-21-30(3)20-35(39(36)50)26-44-8-14-46;;;2*2-1(3)4/h16-27,48-50H,4-15H2,1-3H3;;;2*(H2,2,3,4)/q;;+2;2*+1. The predicted octanol–water partition coefficient (Wildman–Crippen LogP) is 3.36. The van der Waals surface area contributed by atoms with Crippen LogP contribution in [0.1, 0.15) is 50.1 Å². The van der Waals surface area contributed by atoms with Crippen LogP contribution in [0.4, 0.5) is 0 Å². The Morgan fingerprint density at radius 1 is 0.417 bits per heavy atom. The second kappa shape index (κ2) is 29.3. The Morgan fingerprint density at radius 3 is 0.717 bits per heavy atom. The van der Waals surface area contributed by atoms with Crippen molar-refractivity contribution in [2.75, 3.05) is 78.5 Å². The molecule has 0 aliphatic carbocycles. The van der Waals surface area contributed by atoms with E-state index in [0.29, 0.717) is 112 Å². The fraction of sp³-hybridized carbons (Fsp3) is 0.385. The molecule has 324 valence electrons. The van der Waals surface area contributed by atoms with Gasteiger partial charge in [0.05, 0.1) is 39.3 Å². The third kappa shape index (κ3) is 20.5. The van der Waals surface area contributed by atoms with Gasteiger partial charge in [0.1, 0.15) is 27.1 Å². The molecular formula is C39H52Gd2N10O9+4. The van der Waals surface area contributed by atoms with Gasteiger partial charge in [-0.3, -0.25) is 39.8 Å². The summed E-state index contributed by atoms with van der Waals surface area (Å²) in [6, 6.07) is 11.5. The molecular weight excluding hydrogens is 1070 g/mol. The van der Waals surface area contributed by atoms with Crippen molar-refractivity contribution in [3.8, 4) is 17.2 Å². The summed E-state index contributed by atoms with van der Waals surface area (Å²) in [7, 11) is 0. The van der Waals surface area contributed by atoms with Gasteiger partial charge in [-0.15, -0.1) is 0 Å². The number of hydrogen-bond donors (Lipinski definition) is 7. The molecule has 3 aromatic carbocycles. The van der Waals surface area contributed by atoms with Crippen molar-refractivity contribution < 1.29 is 126 Å². The average Bonchev–Trinajstić information content (AvgIpc) is 3.14. The molecule has 3 aliphatic rings. The molecule has 3 heterocycles. The third-order valence-corrected chi connectivity index (χ3v) is 8.59. The number of nitrogens with zero attached hydrogens (tertiary/aromatic N) is 10. The second-order valence-electron chi connectivity index (χ2n) is 13.3. The summed E-state index contributed by atoms with van der Waals surface area (Å²) < 4.78 is 0. The number of phenols is 3. The molecule has 6 rings (SSSR count). The summed E-state index contributed by atoms with van der Waals surface area (Å²) in [6.45, 7) is 13.0. The Balaban J connectivity index is 0.00000165. The van der Waals surface area contributed by atoms with Crippen LogP contribution in [0.3, 0.4) is 0 Å². The van der Waals surface area contributed by atoms with Crippen LogP contribution in [-0.2, 0) is 0 Å². The van der Waals surface area contributed by atoms with E-state index in [-0.39, 0.29) is 97.1 Å². The van der Waals surface area contributed by atoms with Gasteiger partial charge >= 0.3 is 50.1 Å². The van der Waals surface area contributed by atoms with Gasteiger partial charge in [-0.1, -0.05) is 0 Å². The van der Waals surface area contributed by atoms with Crippen LogP contribution >= 0.6 is 0 Å². The number of benzene rings is 3. The first-order valence-electron chi connectivity index (χ1n) is 18.4. The van der Waals surface area contributed by atoms with Crippen molar-refractivity contribution in [1.82, 2.24) is 9.80 Å². The van der Waals surface area contributed by atoms with Crippen molar-refractivity contribution in [3.63, 3.8) is 0 Å². The van der Waals surface area contributed by atoms with Gasteiger partial charge in [-0.2, -0.15) is 0 Å². The molecule has 19 nitrogen and oxygen atoms in total. The summed E-state index contributed by atoms with van der Waals surface area (Å²) in [5, 5.41) is 58.2. The molecule has 0 amide bonds. The molecule has 60 heavy (non-hydrogen) atoms. The average molecular weight is 1120 g/mol. The molecule has 21 heteroatoms. The van der Waals surface area contributed by atoms with Gasteiger partial charge in [0.25, 0.3) is 0 Å². The van der Waals surface area contributed by atoms with E-state index >= 15 is 0 Å². The summed E-state index contributed by atoms with van der Waals surface area (Å²) in [5.74, 6) is 0.490. The maximum absolute atomic E-state index is 11.0. The van der Waals surface area contributed by atoms with Crippen LogP contribution in [0.25, 0.3) is 0 Å². The Kier molecular flexibility index (Phi) is 26.4. The molecule has 0 radical (unpaired) electrons. The molecule has 0 fully saturated rings. The van der Waals surface area contributed by atoms with Crippen LogP contribution in [0, 0.1) is 110 Å². The van der Waals surface area contributed by atoms with Crippen molar-refractivity contribution in [3.05, 3.63) is 96.3 Å². The fourth-order valence-corrected chi connectivity index (χ4v) is 5.94. The number of fused-ring (bicyclic) bond motifs is 12. The molecule has 7 N–H and O–H groups in total. The zero-order valence-electron chi connectivity index (χ0n) is 33.5. The van der Waals surface area contributed by atoms with Crippen LogP contribution in [0.5, 0.6) is 17.2 Å². The van der Waals surface area contributed by atoms with Crippen LogP contribution in [0.2, 0.25) is 0 Å². The number of rotatable bonds is 0. The van der Waals surface area contributed by atoms with Crippen molar-refractivity contribution in [1.29, 1.82) is 0 Å². The largest absolute Gasteiger partial charge is 2.00 e. The Bertz CT molecular complexity index is 1700. The smallest absolute Gasteiger partial charge is 0.507 e. The number of aryl methyl sites for hydroxylation is 3. The van der Waals surface area contributed by atoms with Crippen LogP contribution in [-0.4, -0.2) is 172 Å². The monoisotopic (exact) mass is 1120 g/mol. The minimum absolute atomic E-state index is 0. The van der Waals surface area contributed by atoms with E-state index in [9.17, 15) is 15.3 Å². The van der Waals surface area contributed by atoms with Crippen LogP contribution in [0.15, 0.2) is 66.4 Å². The van der Waals surface area contributed by atoms with Crippen molar-refractivity contribution >= 4 is 37.3 Å². The molecule has 0 atom stereocenters. The van der Waals surface area contributed by atoms with Crippen molar-refractivity contribution in [2.45, 2.75) is 20.8 Å². The van der Waals surface area contributed by atoms with Gasteiger partial charge in [0.15, 0.2) is 0 Å². The number of aromatic hydroxyl groups is 3. The van der Waals surface area contributed by atoms with E-state index in [4.69, 9.17) is 30.6 Å². The summed E-state index contributed by atoms with van der Waals surface area (Å²) in [4.78, 5) is 49.4. The first-order valence-corrected chi connectivity index (χ1v) is 18.4. The molecule has 0 aromatic heterocycles. The first kappa shape index (κ1) is 54.1. The fourth-order valence-electron chi connectivity index (χ4n) is 5.94. The van der Waals surface area contributed by atoms with Gasteiger partial charge in [-0.05, 0) is 73.9 Å². The van der Waals surface area contributed by atoms with E-state index < -0.39 is 10.2 Å². The maximum Gasteiger partial charge on any atom is 2.00 e. The Morgan fingerprint density at radius 2 is 0.567 bits per heavy atom. The molecule has 3 aliphatic heterocycles. The zero-order chi connectivity index (χ0) is 42.5. The number of phenolic OH excluding ortho intramolecular Hbond substituents is 3. The van der Waals surface area contributed by atoms with Gasteiger partial charge in [0.2, 0.25) is 0 Å². The Hall–Kier alpha value is -3.95. The normalized spacial score (nSPS) is 17.1. The minimum atomic E-state index is -1.25. The third-order valence-electron chi connectivity index (χ3n) is 8.59. The van der Waals surface area contributed by atoms with E-state index in [1.807, 2.05) is 57.2 Å². The quantitative estimate of drug-likeness (QED) is 0.161. The first-order chi connectivity index (χ1) is 27.7. The minimum Gasteiger partial charge on any atom is -0.507 e. The van der Waals surface area contributed by atoms with E-state index in [2.05, 4.69) is 39.8 Å². The van der Waals surface area contributed by atoms with Gasteiger partial charge in [0, 0.05) is 150 Å². The van der Waals surface area contributed by atoms with Crippen LogP contribution < -0.4 is 0 Å². The maximum atomic E-state index is 11.0. The summed E-state index contributed by atoms with van der Waals surface area (Å²) >= 11 is 0. The number of aliphatic imine (C=N–C) groups is 6. The van der Waals surface area contributed by atoms with Gasteiger partial charge < -0.3 is 15.3 Å². The Labute approximate surface area is 412 Å². The molecule has 0 unspecified atom stereocenters. The summed E-state index contributed by atoms with van der Waals surface area (Å²) in [5.41, 5.74) is 6.98. The van der Waals surface area contributed by atoms with E-state index in [1.54, 1.807) is 37.3 Å².